The molecule has 0 rings (SSSR count). The summed E-state index contributed by atoms with van der Waals surface area (Å²) in [4.78, 5) is 21.8. The smallest absolute Gasteiger partial charge is 0.302 e. The maximum Gasteiger partial charge on any atom is 0.302 e. The molecule has 0 heterocycles. The number of carbonyl (C=O) groups excluding carboxylic acids is 2. The molecule has 0 aromatic carbocycles. The van der Waals surface area contributed by atoms with Gasteiger partial charge in [-0.05, 0) is 32.1 Å². The zero-order valence-corrected chi connectivity index (χ0v) is 12.6. The van der Waals surface area contributed by atoms with Gasteiger partial charge < -0.3 is 10.1 Å². The average molecular weight is 269 g/mol. The van der Waals surface area contributed by atoms with Gasteiger partial charge in [-0.25, -0.2) is 0 Å². The van der Waals surface area contributed by atoms with Crippen LogP contribution in [0.5, 0.6) is 0 Å². The average Bonchev–Trinajstić information content (AvgIpc) is 2.36. The molecule has 0 fully saturated rings. The lowest BCUT2D eigenvalue weighted by atomic mass is 10.0. The molecule has 0 saturated heterocycles. The molecule has 4 nitrogen and oxygen atoms in total. The number of ether oxygens (including phenoxy) is 1. The molecule has 0 spiro atoms. The lowest BCUT2D eigenvalue weighted by molar-refractivity contribution is -0.147. The van der Waals surface area contributed by atoms with Crippen molar-refractivity contribution in [1.29, 1.82) is 0 Å². The quantitative estimate of drug-likeness (QED) is 0.398. The van der Waals surface area contributed by atoms with Crippen molar-refractivity contribution < 1.29 is 14.3 Å². The third-order valence-electron chi connectivity index (χ3n) is 3.02. The maximum atomic E-state index is 11.0. The number of esters is 1. The van der Waals surface area contributed by atoms with E-state index in [-0.39, 0.29) is 18.0 Å². The van der Waals surface area contributed by atoms with E-state index in [0.29, 0.717) is 12.3 Å². The molecule has 4 heteroatoms. The lowest BCUT2D eigenvalue weighted by Gasteiger charge is -2.18. The SMILES string of the molecule is CCC(=O)NCCCC=CCC(C)C(C)OC(C)=O. The summed E-state index contributed by atoms with van der Waals surface area (Å²) in [6, 6.07) is 0. The van der Waals surface area contributed by atoms with Gasteiger partial charge in [0.2, 0.25) is 5.91 Å². The molecule has 0 bridgehead atoms. The Bertz CT molecular complexity index is 300. The van der Waals surface area contributed by atoms with E-state index in [0.717, 1.165) is 25.8 Å². The van der Waals surface area contributed by atoms with E-state index in [2.05, 4.69) is 24.4 Å². The minimum atomic E-state index is -0.227. The van der Waals surface area contributed by atoms with Gasteiger partial charge in [-0.3, -0.25) is 9.59 Å². The zero-order chi connectivity index (χ0) is 14.7. The molecule has 0 aliphatic carbocycles. The fourth-order valence-electron chi connectivity index (χ4n) is 1.57. The lowest BCUT2D eigenvalue weighted by Crippen LogP contribution is -2.22. The van der Waals surface area contributed by atoms with Crippen molar-refractivity contribution in [3.05, 3.63) is 12.2 Å². The van der Waals surface area contributed by atoms with Gasteiger partial charge in [-0.15, -0.1) is 0 Å². The number of allylic oxidation sites excluding steroid dienone is 2. The minimum Gasteiger partial charge on any atom is -0.463 e. The molecular formula is C15H27NO3. The van der Waals surface area contributed by atoms with Crippen molar-refractivity contribution in [2.45, 2.75) is 59.5 Å². The number of hydrogen-bond donors (Lipinski definition) is 1. The topological polar surface area (TPSA) is 55.4 Å². The van der Waals surface area contributed by atoms with E-state index in [4.69, 9.17) is 4.74 Å². The second-order valence-corrected chi connectivity index (χ2v) is 4.84. The van der Waals surface area contributed by atoms with Crippen LogP contribution in [0.1, 0.15) is 53.4 Å². The van der Waals surface area contributed by atoms with Crippen LogP contribution in [-0.4, -0.2) is 24.5 Å². The van der Waals surface area contributed by atoms with Crippen molar-refractivity contribution >= 4 is 11.9 Å². The highest BCUT2D eigenvalue weighted by Crippen LogP contribution is 2.12. The molecule has 110 valence electrons. The second kappa shape index (κ2) is 10.6. The Kier molecular flexibility index (Phi) is 9.85. The summed E-state index contributed by atoms with van der Waals surface area (Å²) in [5, 5.41) is 2.84. The molecule has 0 aromatic heterocycles. The summed E-state index contributed by atoms with van der Waals surface area (Å²) in [5.74, 6) is 0.197. The highest BCUT2D eigenvalue weighted by atomic mass is 16.5. The van der Waals surface area contributed by atoms with Gasteiger partial charge in [0.1, 0.15) is 6.10 Å². The Hall–Kier alpha value is -1.32. The largest absolute Gasteiger partial charge is 0.463 e. The van der Waals surface area contributed by atoms with Crippen LogP contribution in [0, 0.1) is 5.92 Å². The molecule has 0 saturated carbocycles. The predicted molar refractivity (Wildman–Crippen MR) is 76.7 cm³/mol. The van der Waals surface area contributed by atoms with Gasteiger partial charge in [0.05, 0.1) is 0 Å². The zero-order valence-electron chi connectivity index (χ0n) is 12.6. The fourth-order valence-corrected chi connectivity index (χ4v) is 1.57. The summed E-state index contributed by atoms with van der Waals surface area (Å²) in [6.45, 7) is 8.00. The Balaban J connectivity index is 3.62. The van der Waals surface area contributed by atoms with Gasteiger partial charge in [-0.2, -0.15) is 0 Å². The van der Waals surface area contributed by atoms with Crippen LogP contribution in [0.4, 0.5) is 0 Å². The van der Waals surface area contributed by atoms with E-state index in [1.54, 1.807) is 0 Å². The van der Waals surface area contributed by atoms with E-state index < -0.39 is 0 Å². The van der Waals surface area contributed by atoms with Crippen molar-refractivity contribution in [3.8, 4) is 0 Å². The normalized spacial score (nSPS) is 14.1. The number of rotatable bonds is 9. The number of nitrogens with one attached hydrogen (secondary N) is 1. The van der Waals surface area contributed by atoms with Crippen LogP contribution in [0.3, 0.4) is 0 Å². The summed E-state index contributed by atoms with van der Waals surface area (Å²) >= 11 is 0. The molecule has 2 unspecified atom stereocenters. The first-order chi connectivity index (χ1) is 8.97. The molecule has 0 aromatic rings. The first kappa shape index (κ1) is 17.7. The Morgan fingerprint density at radius 2 is 1.95 bits per heavy atom. The summed E-state index contributed by atoms with van der Waals surface area (Å²) in [5.41, 5.74) is 0. The first-order valence-electron chi connectivity index (χ1n) is 7.06. The summed E-state index contributed by atoms with van der Waals surface area (Å²) in [7, 11) is 0. The number of hydrogen-bond acceptors (Lipinski definition) is 3. The number of unbranched alkanes of at least 4 members (excludes halogenated alkanes) is 1. The van der Waals surface area contributed by atoms with E-state index in [1.807, 2.05) is 13.8 Å². The molecule has 0 aliphatic heterocycles. The number of carbonyl (C=O) groups is 2. The predicted octanol–water partition coefficient (Wildman–Crippen LogP) is 2.83. The second-order valence-electron chi connectivity index (χ2n) is 4.84. The van der Waals surface area contributed by atoms with Gasteiger partial charge >= 0.3 is 5.97 Å². The van der Waals surface area contributed by atoms with Crippen LogP contribution in [0.25, 0.3) is 0 Å². The molecule has 19 heavy (non-hydrogen) atoms. The Labute approximate surface area is 116 Å². The molecular weight excluding hydrogens is 242 g/mol. The van der Waals surface area contributed by atoms with Crippen molar-refractivity contribution in [2.75, 3.05) is 6.54 Å². The van der Waals surface area contributed by atoms with Crippen molar-refractivity contribution in [3.63, 3.8) is 0 Å². The van der Waals surface area contributed by atoms with E-state index in [9.17, 15) is 9.59 Å². The maximum absolute atomic E-state index is 11.0. The van der Waals surface area contributed by atoms with Crippen molar-refractivity contribution in [1.82, 2.24) is 5.32 Å². The van der Waals surface area contributed by atoms with Crippen LogP contribution in [-0.2, 0) is 14.3 Å². The molecule has 2 atom stereocenters. The highest BCUT2D eigenvalue weighted by molar-refractivity contribution is 5.75. The van der Waals surface area contributed by atoms with Crippen LogP contribution in [0.15, 0.2) is 12.2 Å². The fraction of sp³-hybridized carbons (Fsp3) is 0.733. The Morgan fingerprint density at radius 1 is 1.26 bits per heavy atom. The minimum absolute atomic E-state index is 0.0500. The summed E-state index contributed by atoms with van der Waals surface area (Å²) < 4.78 is 5.13. The van der Waals surface area contributed by atoms with Gasteiger partial charge in [0.15, 0.2) is 0 Å². The van der Waals surface area contributed by atoms with Crippen LogP contribution < -0.4 is 5.32 Å². The van der Waals surface area contributed by atoms with Gasteiger partial charge in [-0.1, -0.05) is 26.0 Å². The van der Waals surface area contributed by atoms with Crippen LogP contribution in [0.2, 0.25) is 0 Å². The third-order valence-corrected chi connectivity index (χ3v) is 3.02. The highest BCUT2D eigenvalue weighted by Gasteiger charge is 2.12. The van der Waals surface area contributed by atoms with Gasteiger partial charge in [0.25, 0.3) is 0 Å². The molecule has 1 N–H and O–H groups in total. The number of amides is 1. The Morgan fingerprint density at radius 3 is 2.53 bits per heavy atom. The van der Waals surface area contributed by atoms with E-state index >= 15 is 0 Å². The standard InChI is InChI=1S/C15H27NO3/c1-5-15(18)16-11-9-7-6-8-10-12(2)13(3)19-14(4)17/h6,8,12-13H,5,7,9-11H2,1-4H3,(H,16,18). The van der Waals surface area contributed by atoms with E-state index in [1.165, 1.54) is 6.92 Å². The third kappa shape index (κ3) is 10.3. The van der Waals surface area contributed by atoms with Crippen molar-refractivity contribution in [2.24, 2.45) is 5.92 Å². The molecule has 1 amide bonds. The molecule has 0 radical (unpaired) electrons. The molecule has 0 aliphatic rings. The monoisotopic (exact) mass is 269 g/mol. The van der Waals surface area contributed by atoms with Crippen LogP contribution >= 0.6 is 0 Å². The first-order valence-corrected chi connectivity index (χ1v) is 7.06. The van der Waals surface area contributed by atoms with Gasteiger partial charge in [0, 0.05) is 19.9 Å². The summed E-state index contributed by atoms with van der Waals surface area (Å²) in [6.07, 6.45) is 7.54.